The van der Waals surface area contributed by atoms with Crippen molar-refractivity contribution in [2.75, 3.05) is 20.3 Å². The van der Waals surface area contributed by atoms with Crippen LogP contribution in [0.3, 0.4) is 0 Å². The SMILES string of the molecule is COC1CCCC(N(CCO)C2CCC2)C1. The summed E-state index contributed by atoms with van der Waals surface area (Å²) in [5.74, 6) is 0. The molecule has 0 heterocycles. The van der Waals surface area contributed by atoms with Crippen molar-refractivity contribution in [3.05, 3.63) is 0 Å². The highest BCUT2D eigenvalue weighted by Gasteiger charge is 2.33. The number of methoxy groups -OCH3 is 1. The Labute approximate surface area is 98.8 Å². The fourth-order valence-corrected chi connectivity index (χ4v) is 3.13. The van der Waals surface area contributed by atoms with Crippen molar-refractivity contribution in [1.82, 2.24) is 4.90 Å². The normalized spacial score (nSPS) is 31.7. The molecule has 0 saturated heterocycles. The van der Waals surface area contributed by atoms with Gasteiger partial charge < -0.3 is 9.84 Å². The number of aliphatic hydroxyl groups is 1. The number of ether oxygens (including phenoxy) is 1. The molecule has 0 radical (unpaired) electrons. The Morgan fingerprint density at radius 1 is 1.12 bits per heavy atom. The third-order valence-corrected chi connectivity index (χ3v) is 4.30. The molecule has 0 spiro atoms. The van der Waals surface area contributed by atoms with E-state index in [2.05, 4.69) is 4.90 Å². The second-order valence-electron chi connectivity index (χ2n) is 5.22. The van der Waals surface area contributed by atoms with E-state index in [1.165, 1.54) is 38.5 Å². The molecule has 16 heavy (non-hydrogen) atoms. The highest BCUT2D eigenvalue weighted by Crippen LogP contribution is 2.32. The van der Waals surface area contributed by atoms with Gasteiger partial charge in [-0.2, -0.15) is 0 Å². The Bertz CT molecular complexity index is 206. The summed E-state index contributed by atoms with van der Waals surface area (Å²) in [6.07, 6.45) is 9.40. The zero-order valence-corrected chi connectivity index (χ0v) is 10.4. The van der Waals surface area contributed by atoms with Gasteiger partial charge in [0, 0.05) is 25.7 Å². The van der Waals surface area contributed by atoms with Crippen molar-refractivity contribution in [3.8, 4) is 0 Å². The summed E-state index contributed by atoms with van der Waals surface area (Å²) >= 11 is 0. The van der Waals surface area contributed by atoms with Crippen LogP contribution in [0.25, 0.3) is 0 Å². The lowest BCUT2D eigenvalue weighted by Gasteiger charge is -2.45. The monoisotopic (exact) mass is 227 g/mol. The quantitative estimate of drug-likeness (QED) is 0.777. The predicted octanol–water partition coefficient (Wildman–Crippen LogP) is 1.79. The second-order valence-corrected chi connectivity index (χ2v) is 5.22. The Hall–Kier alpha value is -0.120. The van der Waals surface area contributed by atoms with Gasteiger partial charge in [-0.15, -0.1) is 0 Å². The average molecular weight is 227 g/mol. The molecule has 0 aromatic rings. The van der Waals surface area contributed by atoms with E-state index < -0.39 is 0 Å². The maximum absolute atomic E-state index is 9.19. The van der Waals surface area contributed by atoms with E-state index >= 15 is 0 Å². The van der Waals surface area contributed by atoms with Gasteiger partial charge in [0.25, 0.3) is 0 Å². The van der Waals surface area contributed by atoms with Crippen LogP contribution in [0.2, 0.25) is 0 Å². The topological polar surface area (TPSA) is 32.7 Å². The minimum Gasteiger partial charge on any atom is -0.395 e. The van der Waals surface area contributed by atoms with Crippen LogP contribution in [-0.4, -0.2) is 48.5 Å². The van der Waals surface area contributed by atoms with E-state index in [1.807, 2.05) is 7.11 Å². The Morgan fingerprint density at radius 3 is 2.38 bits per heavy atom. The van der Waals surface area contributed by atoms with Gasteiger partial charge in [0.05, 0.1) is 12.7 Å². The molecule has 1 N–H and O–H groups in total. The summed E-state index contributed by atoms with van der Waals surface area (Å²) in [5.41, 5.74) is 0. The molecule has 2 rings (SSSR count). The van der Waals surface area contributed by atoms with Crippen LogP contribution in [0.4, 0.5) is 0 Å². The molecule has 2 atom stereocenters. The summed E-state index contributed by atoms with van der Waals surface area (Å²) in [5, 5.41) is 9.19. The molecule has 2 aliphatic rings. The maximum Gasteiger partial charge on any atom is 0.0586 e. The third kappa shape index (κ3) is 2.76. The van der Waals surface area contributed by atoms with Gasteiger partial charge >= 0.3 is 0 Å². The highest BCUT2D eigenvalue weighted by atomic mass is 16.5. The lowest BCUT2D eigenvalue weighted by atomic mass is 9.85. The zero-order chi connectivity index (χ0) is 11.4. The van der Waals surface area contributed by atoms with Crippen molar-refractivity contribution in [2.24, 2.45) is 0 Å². The lowest BCUT2D eigenvalue weighted by molar-refractivity contribution is -0.00707. The molecular formula is C13H25NO2. The van der Waals surface area contributed by atoms with Crippen LogP contribution in [0.5, 0.6) is 0 Å². The Morgan fingerprint density at radius 2 is 1.81 bits per heavy atom. The predicted molar refractivity (Wildman–Crippen MR) is 64.5 cm³/mol. The Balaban J connectivity index is 1.90. The van der Waals surface area contributed by atoms with Crippen LogP contribution in [0, 0.1) is 0 Å². The van der Waals surface area contributed by atoms with Gasteiger partial charge in [-0.3, -0.25) is 4.90 Å². The molecule has 3 heteroatoms. The van der Waals surface area contributed by atoms with Gasteiger partial charge in [-0.25, -0.2) is 0 Å². The minimum absolute atomic E-state index is 0.296. The van der Waals surface area contributed by atoms with E-state index in [9.17, 15) is 5.11 Å². The van der Waals surface area contributed by atoms with Crippen molar-refractivity contribution in [3.63, 3.8) is 0 Å². The molecule has 0 aromatic heterocycles. The average Bonchev–Trinajstić information content (AvgIpc) is 2.26. The smallest absolute Gasteiger partial charge is 0.0586 e. The molecule has 2 unspecified atom stereocenters. The number of hydrogen-bond acceptors (Lipinski definition) is 3. The van der Waals surface area contributed by atoms with Crippen LogP contribution >= 0.6 is 0 Å². The molecular weight excluding hydrogens is 202 g/mol. The van der Waals surface area contributed by atoms with Gasteiger partial charge in [0.2, 0.25) is 0 Å². The molecule has 0 amide bonds. The first-order valence-corrected chi connectivity index (χ1v) is 6.74. The molecule has 2 fully saturated rings. The summed E-state index contributed by atoms with van der Waals surface area (Å²) in [4.78, 5) is 2.55. The largest absolute Gasteiger partial charge is 0.395 e. The summed E-state index contributed by atoms with van der Waals surface area (Å²) in [6, 6.07) is 1.39. The van der Waals surface area contributed by atoms with Crippen molar-refractivity contribution >= 4 is 0 Å². The number of aliphatic hydroxyl groups excluding tert-OH is 1. The van der Waals surface area contributed by atoms with Gasteiger partial charge in [0.1, 0.15) is 0 Å². The third-order valence-electron chi connectivity index (χ3n) is 4.30. The number of rotatable bonds is 5. The molecule has 3 nitrogen and oxygen atoms in total. The molecule has 0 aliphatic heterocycles. The van der Waals surface area contributed by atoms with Crippen LogP contribution < -0.4 is 0 Å². The van der Waals surface area contributed by atoms with Crippen molar-refractivity contribution in [1.29, 1.82) is 0 Å². The second kappa shape index (κ2) is 5.99. The van der Waals surface area contributed by atoms with Gasteiger partial charge in [-0.05, 0) is 38.5 Å². The summed E-state index contributed by atoms with van der Waals surface area (Å²) in [7, 11) is 1.83. The van der Waals surface area contributed by atoms with Gasteiger partial charge in [-0.1, -0.05) is 6.42 Å². The summed E-state index contributed by atoms with van der Waals surface area (Å²) < 4.78 is 5.49. The van der Waals surface area contributed by atoms with E-state index in [0.29, 0.717) is 18.8 Å². The Kier molecular flexibility index (Phi) is 4.62. The van der Waals surface area contributed by atoms with Gasteiger partial charge in [0.15, 0.2) is 0 Å². The number of hydrogen-bond donors (Lipinski definition) is 1. The van der Waals surface area contributed by atoms with Crippen LogP contribution in [-0.2, 0) is 4.74 Å². The zero-order valence-electron chi connectivity index (χ0n) is 10.4. The highest BCUT2D eigenvalue weighted by molar-refractivity contribution is 4.88. The maximum atomic E-state index is 9.19. The minimum atomic E-state index is 0.296. The molecule has 2 saturated carbocycles. The van der Waals surface area contributed by atoms with Crippen molar-refractivity contribution in [2.45, 2.75) is 63.1 Å². The number of nitrogens with zero attached hydrogens (tertiary/aromatic N) is 1. The lowest BCUT2D eigenvalue weighted by Crippen LogP contribution is -2.50. The fraction of sp³-hybridized carbons (Fsp3) is 1.00. The van der Waals surface area contributed by atoms with Crippen LogP contribution in [0.15, 0.2) is 0 Å². The van der Waals surface area contributed by atoms with E-state index in [0.717, 1.165) is 19.0 Å². The molecule has 0 bridgehead atoms. The summed E-state index contributed by atoms with van der Waals surface area (Å²) in [6.45, 7) is 1.15. The van der Waals surface area contributed by atoms with Crippen LogP contribution in [0.1, 0.15) is 44.9 Å². The molecule has 0 aromatic carbocycles. The first-order valence-electron chi connectivity index (χ1n) is 6.74. The standard InChI is InChI=1S/C13H25NO2/c1-16-13-7-3-6-12(10-13)14(8-9-15)11-4-2-5-11/h11-13,15H,2-10H2,1H3. The fourth-order valence-electron chi connectivity index (χ4n) is 3.13. The van der Waals surface area contributed by atoms with E-state index in [1.54, 1.807) is 0 Å². The van der Waals surface area contributed by atoms with E-state index in [-0.39, 0.29) is 0 Å². The first kappa shape index (κ1) is 12.3. The molecule has 2 aliphatic carbocycles. The molecule has 94 valence electrons. The first-order chi connectivity index (χ1) is 7.85. The van der Waals surface area contributed by atoms with Crippen molar-refractivity contribution < 1.29 is 9.84 Å². The van der Waals surface area contributed by atoms with E-state index in [4.69, 9.17) is 4.74 Å².